The lowest BCUT2D eigenvalue weighted by atomic mass is 10.1. The molecule has 0 aliphatic heterocycles. The maximum atomic E-state index is 13.1. The molecule has 1 rings (SSSR count). The van der Waals surface area contributed by atoms with E-state index < -0.39 is 17.5 Å². The van der Waals surface area contributed by atoms with Crippen LogP contribution in [0, 0.1) is 17.5 Å². The van der Waals surface area contributed by atoms with Crippen LogP contribution in [0.2, 0.25) is 0 Å². The van der Waals surface area contributed by atoms with Crippen molar-refractivity contribution in [3.8, 4) is 0 Å². The molecule has 0 radical (unpaired) electrons. The van der Waals surface area contributed by atoms with Crippen LogP contribution in [0.15, 0.2) is 24.0 Å². The van der Waals surface area contributed by atoms with Gasteiger partial charge < -0.3 is 5.73 Å². The number of rotatable bonds is 3. The van der Waals surface area contributed by atoms with Crippen LogP contribution in [0.25, 0.3) is 0 Å². The van der Waals surface area contributed by atoms with Gasteiger partial charge in [-0.3, -0.25) is 0 Å². The Balaban J connectivity index is 3.04. The standard InChI is InChI=1S/C10H9F4N/c11-4-6(5-15)1-7-2-8(12)3-9(13)10(7)14/h2-4H,1,5,15H2/b6-4+. The summed E-state index contributed by atoms with van der Waals surface area (Å²) in [5, 5.41) is 0. The summed E-state index contributed by atoms with van der Waals surface area (Å²) in [4.78, 5) is 0. The van der Waals surface area contributed by atoms with Crippen molar-refractivity contribution in [1.82, 2.24) is 0 Å². The summed E-state index contributed by atoms with van der Waals surface area (Å²) in [6, 6.07) is 1.25. The minimum Gasteiger partial charge on any atom is -0.327 e. The first-order valence-electron chi connectivity index (χ1n) is 4.20. The van der Waals surface area contributed by atoms with Gasteiger partial charge in [0.15, 0.2) is 11.6 Å². The molecule has 0 aliphatic carbocycles. The van der Waals surface area contributed by atoms with E-state index in [1.54, 1.807) is 0 Å². The van der Waals surface area contributed by atoms with Crippen LogP contribution in [0.5, 0.6) is 0 Å². The van der Waals surface area contributed by atoms with Gasteiger partial charge in [0, 0.05) is 19.0 Å². The molecule has 1 aromatic carbocycles. The Kier molecular flexibility index (Phi) is 3.85. The molecule has 0 aliphatic rings. The first-order valence-corrected chi connectivity index (χ1v) is 4.20. The monoisotopic (exact) mass is 219 g/mol. The quantitative estimate of drug-likeness (QED) is 0.613. The molecule has 0 bridgehead atoms. The number of halogens is 4. The third kappa shape index (κ3) is 2.79. The number of hydrogen-bond donors (Lipinski definition) is 1. The van der Waals surface area contributed by atoms with Gasteiger partial charge in [0.2, 0.25) is 0 Å². The fraction of sp³-hybridized carbons (Fsp3) is 0.200. The molecule has 0 aromatic heterocycles. The van der Waals surface area contributed by atoms with E-state index in [9.17, 15) is 17.6 Å². The molecule has 2 N–H and O–H groups in total. The Hall–Kier alpha value is -1.36. The lowest BCUT2D eigenvalue weighted by molar-refractivity contribution is 0.486. The first-order chi connectivity index (χ1) is 7.08. The average Bonchev–Trinajstić information content (AvgIpc) is 2.21. The van der Waals surface area contributed by atoms with Gasteiger partial charge in [-0.05, 0) is 17.2 Å². The van der Waals surface area contributed by atoms with Crippen molar-refractivity contribution in [2.24, 2.45) is 5.73 Å². The molecule has 82 valence electrons. The van der Waals surface area contributed by atoms with E-state index in [2.05, 4.69) is 0 Å². The Morgan fingerprint density at radius 2 is 1.93 bits per heavy atom. The minimum atomic E-state index is -1.29. The van der Waals surface area contributed by atoms with Crippen LogP contribution < -0.4 is 5.73 Å². The average molecular weight is 219 g/mol. The van der Waals surface area contributed by atoms with Gasteiger partial charge in [-0.2, -0.15) is 0 Å². The zero-order chi connectivity index (χ0) is 11.4. The van der Waals surface area contributed by atoms with Crippen LogP contribution in [0.4, 0.5) is 17.6 Å². The zero-order valence-electron chi connectivity index (χ0n) is 7.74. The molecule has 1 nitrogen and oxygen atoms in total. The predicted octanol–water partition coefficient (Wildman–Crippen LogP) is 2.46. The molecule has 0 saturated heterocycles. The number of benzene rings is 1. The highest BCUT2D eigenvalue weighted by atomic mass is 19.2. The van der Waals surface area contributed by atoms with Crippen molar-refractivity contribution in [1.29, 1.82) is 0 Å². The second kappa shape index (κ2) is 4.93. The Labute approximate surface area is 84.2 Å². The fourth-order valence-electron chi connectivity index (χ4n) is 1.14. The molecule has 5 heteroatoms. The van der Waals surface area contributed by atoms with Crippen LogP contribution >= 0.6 is 0 Å². The largest absolute Gasteiger partial charge is 0.327 e. The smallest absolute Gasteiger partial charge is 0.162 e. The van der Waals surface area contributed by atoms with Crippen molar-refractivity contribution >= 4 is 0 Å². The molecule has 0 amide bonds. The second-order valence-corrected chi connectivity index (χ2v) is 3.01. The molecule has 1 aromatic rings. The highest BCUT2D eigenvalue weighted by Gasteiger charge is 2.12. The Morgan fingerprint density at radius 1 is 1.27 bits per heavy atom. The van der Waals surface area contributed by atoms with Crippen LogP contribution in [-0.2, 0) is 6.42 Å². The van der Waals surface area contributed by atoms with Crippen LogP contribution in [0.3, 0.4) is 0 Å². The minimum absolute atomic E-state index is 0.0684. The maximum Gasteiger partial charge on any atom is 0.162 e. The van der Waals surface area contributed by atoms with Crippen molar-refractivity contribution in [2.75, 3.05) is 6.54 Å². The number of nitrogens with two attached hydrogens (primary N) is 1. The summed E-state index contributed by atoms with van der Waals surface area (Å²) in [6.45, 7) is -0.131. The van der Waals surface area contributed by atoms with Crippen molar-refractivity contribution in [3.05, 3.63) is 47.1 Å². The lowest BCUT2D eigenvalue weighted by Crippen LogP contribution is -2.07. The van der Waals surface area contributed by atoms with Crippen LogP contribution in [-0.4, -0.2) is 6.54 Å². The third-order valence-electron chi connectivity index (χ3n) is 1.90. The molecule has 0 unspecified atom stereocenters. The highest BCUT2D eigenvalue weighted by Crippen LogP contribution is 2.17. The second-order valence-electron chi connectivity index (χ2n) is 3.01. The molecule has 15 heavy (non-hydrogen) atoms. The normalized spacial score (nSPS) is 11.9. The maximum absolute atomic E-state index is 13.1. The predicted molar refractivity (Wildman–Crippen MR) is 48.3 cm³/mol. The summed E-state index contributed by atoms with van der Waals surface area (Å²) >= 11 is 0. The zero-order valence-corrected chi connectivity index (χ0v) is 7.74. The third-order valence-corrected chi connectivity index (χ3v) is 1.90. The van der Waals surface area contributed by atoms with Gasteiger partial charge in [-0.15, -0.1) is 0 Å². The topological polar surface area (TPSA) is 26.0 Å². The van der Waals surface area contributed by atoms with E-state index in [1.165, 1.54) is 0 Å². The van der Waals surface area contributed by atoms with E-state index in [0.717, 1.165) is 6.07 Å². The fourth-order valence-corrected chi connectivity index (χ4v) is 1.14. The first kappa shape index (κ1) is 11.7. The molecule has 0 fully saturated rings. The highest BCUT2D eigenvalue weighted by molar-refractivity contribution is 5.25. The van der Waals surface area contributed by atoms with E-state index in [1.807, 2.05) is 0 Å². The van der Waals surface area contributed by atoms with Crippen molar-refractivity contribution in [3.63, 3.8) is 0 Å². The summed E-state index contributed by atoms with van der Waals surface area (Å²) in [6.07, 6.45) is -0.0320. The summed E-state index contributed by atoms with van der Waals surface area (Å²) in [5.41, 5.74) is 4.96. The molecule has 0 spiro atoms. The van der Waals surface area contributed by atoms with Gasteiger partial charge in [-0.1, -0.05) is 0 Å². The molecule has 0 saturated carbocycles. The van der Waals surface area contributed by atoms with Gasteiger partial charge in [-0.25, -0.2) is 17.6 Å². The molecular formula is C10H9F4N. The van der Waals surface area contributed by atoms with E-state index in [-0.39, 0.29) is 30.4 Å². The van der Waals surface area contributed by atoms with Gasteiger partial charge >= 0.3 is 0 Å². The Morgan fingerprint density at radius 3 is 2.47 bits per heavy atom. The molecule has 0 heterocycles. The SMILES string of the molecule is NC/C(=C/F)Cc1cc(F)cc(F)c1F. The van der Waals surface area contributed by atoms with Crippen LogP contribution in [0.1, 0.15) is 5.56 Å². The van der Waals surface area contributed by atoms with Gasteiger partial charge in [0.1, 0.15) is 5.82 Å². The summed E-state index contributed by atoms with van der Waals surface area (Å²) in [5.74, 6) is -3.37. The van der Waals surface area contributed by atoms with E-state index in [0.29, 0.717) is 6.07 Å². The Bertz CT molecular complexity index is 387. The van der Waals surface area contributed by atoms with E-state index in [4.69, 9.17) is 5.73 Å². The summed E-state index contributed by atoms with van der Waals surface area (Å²) < 4.78 is 50.7. The van der Waals surface area contributed by atoms with Crippen molar-refractivity contribution in [2.45, 2.75) is 6.42 Å². The van der Waals surface area contributed by atoms with Gasteiger partial charge in [0.05, 0.1) is 6.33 Å². The molecular weight excluding hydrogens is 210 g/mol. The van der Waals surface area contributed by atoms with Crippen molar-refractivity contribution < 1.29 is 17.6 Å². The number of hydrogen-bond acceptors (Lipinski definition) is 1. The summed E-state index contributed by atoms with van der Waals surface area (Å²) in [7, 11) is 0. The lowest BCUT2D eigenvalue weighted by Gasteiger charge is -2.05. The molecule has 0 atom stereocenters. The van der Waals surface area contributed by atoms with Gasteiger partial charge in [0.25, 0.3) is 0 Å². The van der Waals surface area contributed by atoms with E-state index >= 15 is 0 Å².